The zero-order chi connectivity index (χ0) is 28.7. The molecule has 5 nitrogen and oxygen atoms in total. The molecule has 0 fully saturated rings. The van der Waals surface area contributed by atoms with Crippen LogP contribution in [-0.4, -0.2) is 61.5 Å². The van der Waals surface area contributed by atoms with E-state index in [-0.39, 0.29) is 16.7 Å². The molecule has 0 saturated carbocycles. The minimum absolute atomic E-state index is 0.139. The van der Waals surface area contributed by atoms with Crippen molar-refractivity contribution < 1.29 is 61.1 Å². The Hall–Kier alpha value is -2.59. The second kappa shape index (κ2) is 9.94. The van der Waals surface area contributed by atoms with Gasteiger partial charge in [0.15, 0.2) is 11.6 Å². The summed E-state index contributed by atoms with van der Waals surface area (Å²) in [7, 11) is -10.9. The minimum atomic E-state index is -7.47. The fourth-order valence-electron chi connectivity index (χ4n) is 2.89. The first-order chi connectivity index (χ1) is 16.6. The number of hydrogen-bond donors (Lipinski definition) is 0. The van der Waals surface area contributed by atoms with E-state index in [1.807, 2.05) is 0 Å². The number of halogens is 9. The third kappa shape index (κ3) is 5.80. The van der Waals surface area contributed by atoms with Crippen molar-refractivity contribution in [2.24, 2.45) is 0 Å². The Morgan fingerprint density at radius 1 is 0.730 bits per heavy atom. The van der Waals surface area contributed by atoms with Crippen molar-refractivity contribution in [3.8, 4) is 0 Å². The molecule has 0 bridgehead atoms. The number of alkyl halides is 9. The molecule has 0 aliphatic carbocycles. The fraction of sp³-hybridized carbons (Fsp3) is 0.333. The number of rotatable bonds is 10. The average molecular weight is 584 g/mol. The van der Waals surface area contributed by atoms with Gasteiger partial charge in [-0.3, -0.25) is 9.59 Å². The van der Waals surface area contributed by atoms with Crippen molar-refractivity contribution >= 4 is 32.0 Å². The van der Waals surface area contributed by atoms with Crippen LogP contribution in [0.1, 0.15) is 26.3 Å². The molecule has 0 amide bonds. The molecule has 2 aromatic carbocycles. The van der Waals surface area contributed by atoms with Crippen LogP contribution >= 0.6 is 10.3 Å². The molecule has 16 heteroatoms. The van der Waals surface area contributed by atoms with E-state index in [9.17, 15) is 57.5 Å². The predicted molar refractivity (Wildman–Crippen MR) is 116 cm³/mol. The van der Waals surface area contributed by atoms with Gasteiger partial charge in [0.25, 0.3) is 0 Å². The van der Waals surface area contributed by atoms with E-state index >= 15 is 0 Å². The smallest absolute Gasteiger partial charge is 0.293 e. The normalized spacial score (nSPS) is 14.4. The molecular weight excluding hydrogens is 567 g/mol. The van der Waals surface area contributed by atoms with Crippen molar-refractivity contribution in [3.63, 3.8) is 0 Å². The molecule has 2 rings (SSSR count). The van der Waals surface area contributed by atoms with E-state index in [0.29, 0.717) is 12.5 Å². The van der Waals surface area contributed by atoms with Crippen LogP contribution in [0.25, 0.3) is 0 Å². The van der Waals surface area contributed by atoms with Gasteiger partial charge in [0.2, 0.25) is 0 Å². The molecule has 0 aromatic heterocycles. The highest BCUT2D eigenvalue weighted by Gasteiger charge is 2.86. The van der Waals surface area contributed by atoms with Gasteiger partial charge in [-0.2, -0.15) is 47.9 Å². The van der Waals surface area contributed by atoms with E-state index in [2.05, 4.69) is 3.63 Å². The maximum Gasteiger partial charge on any atom is 0.460 e. The first-order valence-electron chi connectivity index (χ1n) is 9.68. The van der Waals surface area contributed by atoms with Gasteiger partial charge in [-0.1, -0.05) is 54.6 Å². The summed E-state index contributed by atoms with van der Waals surface area (Å²) in [5, 5.41) is -7.05. The summed E-state index contributed by atoms with van der Waals surface area (Å²) in [6, 6.07) is 12.5. The van der Waals surface area contributed by atoms with Crippen molar-refractivity contribution in [2.45, 2.75) is 23.3 Å². The van der Waals surface area contributed by atoms with Crippen LogP contribution in [0.2, 0.25) is 0 Å². The summed E-state index contributed by atoms with van der Waals surface area (Å²) in [4.78, 5) is 25.6. The molecule has 206 valence electrons. The molecule has 0 N–H and O–H groups in total. The van der Waals surface area contributed by atoms with Crippen LogP contribution < -0.4 is 0 Å². The minimum Gasteiger partial charge on any atom is -0.293 e. The standard InChI is InChI=1S/C21H17F9O5S2/c1-36(2,35-37(33,34)21(29,30)19(24,25)18(22,23)20(26,27)28)12-16(31)14-10-6-7-11-15(14)17(32)13-8-4-3-5-9-13/h3-11H,12H2,1-2H3. The molecule has 0 aliphatic heterocycles. The Bertz CT molecular complexity index is 1270. The first kappa shape index (κ1) is 30.6. The van der Waals surface area contributed by atoms with Crippen LogP contribution in [0, 0.1) is 0 Å². The Balaban J connectivity index is 2.36. The quantitative estimate of drug-likeness (QED) is 0.259. The predicted octanol–water partition coefficient (Wildman–Crippen LogP) is 5.85. The van der Waals surface area contributed by atoms with E-state index in [1.165, 1.54) is 42.5 Å². The van der Waals surface area contributed by atoms with E-state index in [4.69, 9.17) is 0 Å². The molecule has 0 aliphatic rings. The number of ketones is 2. The third-order valence-electron chi connectivity index (χ3n) is 4.69. The number of carbonyl (C=O) groups excluding carboxylic acids is 2. The molecule has 0 heterocycles. The Labute approximate surface area is 206 Å². The van der Waals surface area contributed by atoms with Gasteiger partial charge in [0.1, 0.15) is 0 Å². The maximum absolute atomic E-state index is 14.0. The Morgan fingerprint density at radius 2 is 1.19 bits per heavy atom. The third-order valence-corrected chi connectivity index (χ3v) is 8.72. The molecule has 0 spiro atoms. The number of hydrogen-bond acceptors (Lipinski definition) is 5. The first-order valence-corrected chi connectivity index (χ1v) is 13.6. The van der Waals surface area contributed by atoms with Crippen LogP contribution in [0.3, 0.4) is 0 Å². The second-order valence-electron chi connectivity index (χ2n) is 7.93. The second-order valence-corrected chi connectivity index (χ2v) is 13.1. The van der Waals surface area contributed by atoms with E-state index in [1.54, 1.807) is 6.07 Å². The number of Topliss-reactive ketones (excluding diaryl/α,β-unsaturated/α-hetero) is 1. The van der Waals surface area contributed by atoms with Gasteiger partial charge in [0.05, 0.1) is 5.75 Å². The molecule has 37 heavy (non-hydrogen) atoms. The van der Waals surface area contributed by atoms with Crippen LogP contribution in [0.4, 0.5) is 39.5 Å². The van der Waals surface area contributed by atoms with Gasteiger partial charge < -0.3 is 0 Å². The summed E-state index contributed by atoms with van der Waals surface area (Å²) in [5.41, 5.74) is -0.391. The van der Waals surface area contributed by atoms with Crippen molar-refractivity contribution in [3.05, 3.63) is 71.3 Å². The van der Waals surface area contributed by atoms with Gasteiger partial charge in [-0.05, 0) is 12.5 Å². The monoisotopic (exact) mass is 584 g/mol. The van der Waals surface area contributed by atoms with Crippen LogP contribution in [0.5, 0.6) is 0 Å². The lowest BCUT2D eigenvalue weighted by atomic mass is 9.96. The molecule has 2 aromatic rings. The molecule has 0 radical (unpaired) electrons. The Morgan fingerprint density at radius 3 is 1.68 bits per heavy atom. The fourth-order valence-corrected chi connectivity index (χ4v) is 6.59. The average Bonchev–Trinajstić information content (AvgIpc) is 2.77. The summed E-state index contributed by atoms with van der Waals surface area (Å²) in [6.45, 7) is 0. The lowest BCUT2D eigenvalue weighted by Crippen LogP contribution is -2.63. The number of benzene rings is 2. The lowest BCUT2D eigenvalue weighted by molar-refractivity contribution is -0.382. The summed E-state index contributed by atoms with van der Waals surface area (Å²) < 4.78 is 146. The zero-order valence-electron chi connectivity index (χ0n) is 18.7. The van der Waals surface area contributed by atoms with E-state index in [0.717, 1.165) is 6.07 Å². The Kier molecular flexibility index (Phi) is 8.23. The van der Waals surface area contributed by atoms with Crippen LogP contribution in [0.15, 0.2) is 54.6 Å². The highest BCUT2D eigenvalue weighted by Crippen LogP contribution is 2.57. The summed E-state index contributed by atoms with van der Waals surface area (Å²) >= 11 is 0. The SMILES string of the molecule is CS(C)(CC(=O)c1ccccc1C(=O)c1ccccc1)OS(=O)(=O)C(F)(F)C(F)(F)C(F)(F)C(F)(F)F. The summed E-state index contributed by atoms with van der Waals surface area (Å²) in [6.07, 6.45) is -5.84. The van der Waals surface area contributed by atoms with Gasteiger partial charge in [-0.25, -0.2) is 3.63 Å². The van der Waals surface area contributed by atoms with Gasteiger partial charge in [-0.15, -0.1) is 10.3 Å². The van der Waals surface area contributed by atoms with Crippen LogP contribution in [-0.2, 0) is 13.7 Å². The van der Waals surface area contributed by atoms with E-state index < -0.39 is 61.0 Å². The number of carbonyl (C=O) groups is 2. The topological polar surface area (TPSA) is 77.5 Å². The van der Waals surface area contributed by atoms with Crippen molar-refractivity contribution in [1.82, 2.24) is 0 Å². The summed E-state index contributed by atoms with van der Waals surface area (Å²) in [5.74, 6) is -17.8. The highest BCUT2D eigenvalue weighted by molar-refractivity contribution is 8.32. The molecule has 0 unspecified atom stereocenters. The maximum atomic E-state index is 14.0. The van der Waals surface area contributed by atoms with Gasteiger partial charge >= 0.3 is 33.4 Å². The van der Waals surface area contributed by atoms with Crippen molar-refractivity contribution in [1.29, 1.82) is 0 Å². The highest BCUT2D eigenvalue weighted by atomic mass is 32.3. The largest absolute Gasteiger partial charge is 0.460 e. The molecule has 0 atom stereocenters. The lowest BCUT2D eigenvalue weighted by Gasteiger charge is -2.36. The zero-order valence-corrected chi connectivity index (χ0v) is 20.3. The van der Waals surface area contributed by atoms with Gasteiger partial charge in [0, 0.05) is 16.7 Å². The molecule has 0 saturated heterocycles. The molecular formula is C21H17F9O5S2. The van der Waals surface area contributed by atoms with Crippen molar-refractivity contribution in [2.75, 3.05) is 18.3 Å².